The first-order valence-electron chi connectivity index (χ1n) is 7.49. The summed E-state index contributed by atoms with van der Waals surface area (Å²) in [5.41, 5.74) is 8.69. The lowest BCUT2D eigenvalue weighted by molar-refractivity contribution is 0.326. The Hall–Kier alpha value is -1.06. The van der Waals surface area contributed by atoms with E-state index in [1.54, 1.807) is 0 Å². The Kier molecular flexibility index (Phi) is 5.23. The number of benzene rings is 1. The molecule has 0 radical (unpaired) electrons. The summed E-state index contributed by atoms with van der Waals surface area (Å²) in [6.45, 7) is 6.46. The molecule has 106 valence electrons. The second-order valence-corrected chi connectivity index (χ2v) is 5.52. The number of rotatable bonds is 4. The lowest BCUT2D eigenvalue weighted by Gasteiger charge is -2.34. The van der Waals surface area contributed by atoms with Crippen molar-refractivity contribution in [2.45, 2.75) is 32.2 Å². The monoisotopic (exact) mass is 261 g/mol. The van der Waals surface area contributed by atoms with Gasteiger partial charge in [0.05, 0.1) is 0 Å². The molecule has 2 rings (SSSR count). The zero-order chi connectivity index (χ0) is 13.7. The summed E-state index contributed by atoms with van der Waals surface area (Å²) < 4.78 is 0. The molecule has 1 heterocycles. The van der Waals surface area contributed by atoms with E-state index in [9.17, 15) is 0 Å². The van der Waals surface area contributed by atoms with Crippen LogP contribution in [0.15, 0.2) is 24.3 Å². The minimum absolute atomic E-state index is 0.546. The van der Waals surface area contributed by atoms with Crippen LogP contribution < -0.4 is 10.6 Å². The molecule has 1 aromatic carbocycles. The molecular weight excluding hydrogens is 234 g/mol. The number of hydrogen-bond acceptors (Lipinski definition) is 3. The van der Waals surface area contributed by atoms with Crippen LogP contribution in [0.3, 0.4) is 0 Å². The number of likely N-dealkylation sites (N-methyl/N-ethyl adjacent to an activating group) is 1. The van der Waals surface area contributed by atoms with Gasteiger partial charge >= 0.3 is 0 Å². The number of anilines is 1. The number of para-hydroxylation sites is 1. The van der Waals surface area contributed by atoms with Gasteiger partial charge in [-0.3, -0.25) is 0 Å². The maximum atomic E-state index is 5.82. The van der Waals surface area contributed by atoms with Crippen molar-refractivity contribution in [3.05, 3.63) is 29.8 Å². The van der Waals surface area contributed by atoms with Gasteiger partial charge in [-0.05, 0) is 51.0 Å². The fourth-order valence-electron chi connectivity index (χ4n) is 3.09. The van der Waals surface area contributed by atoms with E-state index in [1.807, 2.05) is 0 Å². The normalized spacial score (nSPS) is 21.4. The molecule has 0 aliphatic carbocycles. The van der Waals surface area contributed by atoms with Crippen LogP contribution in [0.4, 0.5) is 5.69 Å². The molecule has 1 aliphatic heterocycles. The van der Waals surface area contributed by atoms with Crippen LogP contribution in [0.5, 0.6) is 0 Å². The minimum Gasteiger partial charge on any atom is -0.367 e. The van der Waals surface area contributed by atoms with Gasteiger partial charge in [-0.25, -0.2) is 0 Å². The molecule has 1 saturated heterocycles. The molecule has 19 heavy (non-hydrogen) atoms. The SMILES string of the molecule is CCc1ccccc1N1CCCN(C)CC1CCN. The van der Waals surface area contributed by atoms with Gasteiger partial charge in [-0.1, -0.05) is 25.1 Å². The van der Waals surface area contributed by atoms with Gasteiger partial charge in [0.2, 0.25) is 0 Å². The highest BCUT2D eigenvalue weighted by atomic mass is 15.2. The predicted octanol–water partition coefficient (Wildman–Crippen LogP) is 2.11. The predicted molar refractivity (Wildman–Crippen MR) is 82.7 cm³/mol. The Labute approximate surface area is 117 Å². The molecule has 3 nitrogen and oxygen atoms in total. The Morgan fingerprint density at radius 2 is 2.05 bits per heavy atom. The third-order valence-corrected chi connectivity index (χ3v) is 4.08. The second-order valence-electron chi connectivity index (χ2n) is 5.52. The fraction of sp³-hybridized carbons (Fsp3) is 0.625. The van der Waals surface area contributed by atoms with E-state index in [1.165, 1.54) is 24.2 Å². The lowest BCUT2D eigenvalue weighted by Crippen LogP contribution is -2.42. The third-order valence-electron chi connectivity index (χ3n) is 4.08. The summed E-state index contributed by atoms with van der Waals surface area (Å²) in [6.07, 6.45) is 3.40. The van der Waals surface area contributed by atoms with Crippen molar-refractivity contribution in [3.63, 3.8) is 0 Å². The van der Waals surface area contributed by atoms with Gasteiger partial charge in [-0.15, -0.1) is 0 Å². The van der Waals surface area contributed by atoms with Crippen molar-refractivity contribution in [3.8, 4) is 0 Å². The zero-order valence-corrected chi connectivity index (χ0v) is 12.3. The maximum Gasteiger partial charge on any atom is 0.0429 e. The molecule has 0 saturated carbocycles. The average Bonchev–Trinajstić information content (AvgIpc) is 2.60. The van der Waals surface area contributed by atoms with E-state index in [-0.39, 0.29) is 0 Å². The second kappa shape index (κ2) is 6.92. The van der Waals surface area contributed by atoms with Gasteiger partial charge in [0, 0.05) is 24.8 Å². The van der Waals surface area contributed by atoms with Crippen LogP contribution in [0.2, 0.25) is 0 Å². The van der Waals surface area contributed by atoms with Crippen LogP contribution >= 0.6 is 0 Å². The van der Waals surface area contributed by atoms with E-state index in [4.69, 9.17) is 5.73 Å². The van der Waals surface area contributed by atoms with Crippen LogP contribution in [0.1, 0.15) is 25.3 Å². The Balaban J connectivity index is 2.27. The molecule has 3 heteroatoms. The van der Waals surface area contributed by atoms with Crippen molar-refractivity contribution in [2.24, 2.45) is 5.73 Å². The summed E-state index contributed by atoms with van der Waals surface area (Å²) in [7, 11) is 2.22. The summed E-state index contributed by atoms with van der Waals surface area (Å²) in [4.78, 5) is 5.03. The Morgan fingerprint density at radius 3 is 2.79 bits per heavy atom. The molecule has 1 aliphatic rings. The quantitative estimate of drug-likeness (QED) is 0.901. The third kappa shape index (κ3) is 3.48. The molecule has 1 atom stereocenters. The molecule has 1 aromatic rings. The highest BCUT2D eigenvalue weighted by molar-refractivity contribution is 5.54. The van der Waals surface area contributed by atoms with Crippen LogP contribution in [-0.4, -0.2) is 44.2 Å². The van der Waals surface area contributed by atoms with Crippen molar-refractivity contribution in [1.29, 1.82) is 0 Å². The van der Waals surface area contributed by atoms with Gasteiger partial charge < -0.3 is 15.5 Å². The molecule has 0 spiro atoms. The molecule has 1 fully saturated rings. The van der Waals surface area contributed by atoms with E-state index in [0.29, 0.717) is 6.04 Å². The summed E-state index contributed by atoms with van der Waals surface area (Å²) in [6, 6.07) is 9.37. The number of aryl methyl sites for hydroxylation is 1. The Morgan fingerprint density at radius 1 is 1.26 bits per heavy atom. The van der Waals surface area contributed by atoms with Gasteiger partial charge in [0.15, 0.2) is 0 Å². The number of nitrogens with zero attached hydrogens (tertiary/aromatic N) is 2. The van der Waals surface area contributed by atoms with Crippen molar-refractivity contribution < 1.29 is 0 Å². The fourth-order valence-corrected chi connectivity index (χ4v) is 3.09. The first-order valence-corrected chi connectivity index (χ1v) is 7.49. The largest absolute Gasteiger partial charge is 0.367 e. The van der Waals surface area contributed by atoms with Crippen LogP contribution in [0, 0.1) is 0 Å². The molecule has 0 bridgehead atoms. The first-order chi connectivity index (χ1) is 9.26. The number of hydrogen-bond donors (Lipinski definition) is 1. The van der Waals surface area contributed by atoms with E-state index in [0.717, 1.165) is 32.5 Å². The first kappa shape index (κ1) is 14.4. The summed E-state index contributed by atoms with van der Waals surface area (Å²) in [5, 5.41) is 0. The smallest absolute Gasteiger partial charge is 0.0429 e. The van der Waals surface area contributed by atoms with Crippen molar-refractivity contribution in [2.75, 3.05) is 38.1 Å². The van der Waals surface area contributed by atoms with E-state index in [2.05, 4.69) is 48.0 Å². The van der Waals surface area contributed by atoms with Crippen molar-refractivity contribution >= 4 is 5.69 Å². The van der Waals surface area contributed by atoms with Gasteiger partial charge in [0.1, 0.15) is 0 Å². The van der Waals surface area contributed by atoms with Crippen LogP contribution in [0.25, 0.3) is 0 Å². The van der Waals surface area contributed by atoms with E-state index < -0.39 is 0 Å². The summed E-state index contributed by atoms with van der Waals surface area (Å²) in [5.74, 6) is 0. The average molecular weight is 261 g/mol. The van der Waals surface area contributed by atoms with Gasteiger partial charge in [-0.2, -0.15) is 0 Å². The topological polar surface area (TPSA) is 32.5 Å². The lowest BCUT2D eigenvalue weighted by atomic mass is 10.1. The molecule has 0 amide bonds. The number of nitrogens with two attached hydrogens (primary N) is 1. The van der Waals surface area contributed by atoms with Crippen molar-refractivity contribution in [1.82, 2.24) is 4.90 Å². The molecular formula is C16H27N3. The molecule has 1 unspecified atom stereocenters. The van der Waals surface area contributed by atoms with E-state index >= 15 is 0 Å². The summed E-state index contributed by atoms with van der Waals surface area (Å²) >= 11 is 0. The molecule has 2 N–H and O–H groups in total. The maximum absolute atomic E-state index is 5.82. The zero-order valence-electron chi connectivity index (χ0n) is 12.3. The standard InChI is InChI=1S/C16H27N3/c1-3-14-7-4-5-8-16(14)19-12-6-11-18(2)13-15(19)9-10-17/h4-5,7-8,15H,3,6,9-13,17H2,1-2H3. The highest BCUT2D eigenvalue weighted by Gasteiger charge is 2.24. The minimum atomic E-state index is 0.546. The molecule has 0 aromatic heterocycles. The highest BCUT2D eigenvalue weighted by Crippen LogP contribution is 2.26. The van der Waals surface area contributed by atoms with Crippen LogP contribution in [-0.2, 0) is 6.42 Å². The van der Waals surface area contributed by atoms with Gasteiger partial charge in [0.25, 0.3) is 0 Å². The Bertz CT molecular complexity index is 391.